The Balaban J connectivity index is 2.85. The molecule has 0 aromatic carbocycles. The van der Waals surface area contributed by atoms with Crippen molar-refractivity contribution >= 4 is 0 Å². The molecule has 16 heavy (non-hydrogen) atoms. The molecule has 4 unspecified atom stereocenters. The van der Waals surface area contributed by atoms with Gasteiger partial charge < -0.3 is 9.22 Å². The zero-order valence-corrected chi connectivity index (χ0v) is 11.0. The highest BCUT2D eigenvalue weighted by Gasteiger charge is 2.40. The Hall–Kier alpha value is -0.780. The summed E-state index contributed by atoms with van der Waals surface area (Å²) in [5, 5.41) is 0. The van der Waals surface area contributed by atoms with Crippen LogP contribution in [0.4, 0.5) is 0 Å². The van der Waals surface area contributed by atoms with Gasteiger partial charge in [-0.15, -0.1) is 12.5 Å². The molecule has 0 aliphatic carbocycles. The first-order valence-corrected chi connectivity index (χ1v) is 6.18. The molecule has 0 bridgehead atoms. The van der Waals surface area contributed by atoms with Crippen LogP contribution in [0.1, 0.15) is 27.2 Å². The lowest BCUT2D eigenvalue weighted by Crippen LogP contribution is -2.60. The van der Waals surface area contributed by atoms with E-state index in [-0.39, 0.29) is 12.3 Å². The summed E-state index contributed by atoms with van der Waals surface area (Å²) >= 11 is 0. The van der Waals surface area contributed by atoms with Crippen molar-refractivity contribution in [2.24, 2.45) is 5.92 Å². The maximum atomic E-state index is 6.00. The molecule has 1 fully saturated rings. The third-order valence-corrected chi connectivity index (χ3v) is 3.66. The van der Waals surface area contributed by atoms with E-state index in [4.69, 9.17) is 4.74 Å². The smallest absolute Gasteiger partial charge is 0.190 e. The van der Waals surface area contributed by atoms with E-state index >= 15 is 0 Å². The molecule has 0 N–H and O–H groups in total. The molecule has 0 aromatic heterocycles. The molecule has 1 saturated heterocycles. The van der Waals surface area contributed by atoms with Crippen LogP contribution in [-0.2, 0) is 4.74 Å². The third-order valence-electron chi connectivity index (χ3n) is 3.66. The molecule has 0 aromatic rings. The topological polar surface area (TPSA) is 9.23 Å². The number of rotatable bonds is 2. The summed E-state index contributed by atoms with van der Waals surface area (Å²) in [4.78, 5) is 0. The Morgan fingerprint density at radius 1 is 1.50 bits per heavy atom. The van der Waals surface area contributed by atoms with Crippen LogP contribution in [0.25, 0.3) is 0 Å². The maximum absolute atomic E-state index is 6.00. The van der Waals surface area contributed by atoms with Gasteiger partial charge in [-0.1, -0.05) is 18.9 Å². The second-order valence-corrected chi connectivity index (χ2v) is 4.70. The minimum atomic E-state index is 0.0896. The number of hydrogen-bond acceptors (Lipinski definition) is 1. The van der Waals surface area contributed by atoms with E-state index in [1.807, 2.05) is 6.08 Å². The van der Waals surface area contributed by atoms with Crippen molar-refractivity contribution in [2.75, 3.05) is 20.1 Å². The Labute approximate surface area is 99.9 Å². The molecule has 90 valence electrons. The maximum Gasteiger partial charge on any atom is 0.190 e. The van der Waals surface area contributed by atoms with Gasteiger partial charge in [-0.05, 0) is 6.92 Å². The first kappa shape index (κ1) is 13.3. The van der Waals surface area contributed by atoms with E-state index in [1.54, 1.807) is 0 Å². The minimum absolute atomic E-state index is 0.0896. The van der Waals surface area contributed by atoms with E-state index in [2.05, 4.69) is 46.2 Å². The van der Waals surface area contributed by atoms with Gasteiger partial charge in [-0.25, -0.2) is 0 Å². The second-order valence-electron chi connectivity index (χ2n) is 4.70. The average molecular weight is 222 g/mol. The zero-order valence-electron chi connectivity index (χ0n) is 11.0. The molecular formula is C14H24NO+. The van der Waals surface area contributed by atoms with E-state index < -0.39 is 0 Å². The lowest BCUT2D eigenvalue weighted by atomic mass is 9.98. The van der Waals surface area contributed by atoms with Crippen LogP contribution in [0.5, 0.6) is 0 Å². The Morgan fingerprint density at radius 3 is 2.69 bits per heavy atom. The van der Waals surface area contributed by atoms with Crippen molar-refractivity contribution in [1.82, 2.24) is 0 Å². The van der Waals surface area contributed by atoms with Crippen LogP contribution in [0.15, 0.2) is 12.7 Å². The molecule has 0 spiro atoms. The van der Waals surface area contributed by atoms with Gasteiger partial charge in [-0.2, -0.15) is 0 Å². The number of quaternary nitrogens is 1. The molecule has 1 aliphatic heterocycles. The fourth-order valence-corrected chi connectivity index (χ4v) is 2.14. The summed E-state index contributed by atoms with van der Waals surface area (Å²) in [6, 6.07) is 0. The fourth-order valence-electron chi connectivity index (χ4n) is 2.14. The van der Waals surface area contributed by atoms with Crippen LogP contribution >= 0.6 is 0 Å². The summed E-state index contributed by atoms with van der Waals surface area (Å²) in [6.07, 6.45) is 3.12. The molecule has 0 amide bonds. The number of ether oxygens (including phenoxy) is 1. The molecule has 1 rings (SSSR count). The SMILES string of the molecule is C=CC1OC(C)[N+](C)(CC)CC1C#CCC. The Morgan fingerprint density at radius 2 is 2.19 bits per heavy atom. The molecule has 2 heteroatoms. The van der Waals surface area contributed by atoms with Crippen LogP contribution in [0.2, 0.25) is 0 Å². The fraction of sp³-hybridized carbons (Fsp3) is 0.714. The highest BCUT2D eigenvalue weighted by atomic mass is 16.5. The normalized spacial score (nSPS) is 38.6. The quantitative estimate of drug-likeness (QED) is 0.396. The second kappa shape index (κ2) is 5.52. The van der Waals surface area contributed by atoms with Crippen molar-refractivity contribution in [2.45, 2.75) is 39.5 Å². The lowest BCUT2D eigenvalue weighted by Gasteiger charge is -2.46. The van der Waals surface area contributed by atoms with Crippen molar-refractivity contribution < 1.29 is 9.22 Å². The summed E-state index contributed by atoms with van der Waals surface area (Å²) in [6.45, 7) is 12.4. The van der Waals surface area contributed by atoms with Gasteiger partial charge in [0.25, 0.3) is 0 Å². The molecule has 2 nitrogen and oxygen atoms in total. The van der Waals surface area contributed by atoms with Gasteiger partial charge in [0.1, 0.15) is 6.10 Å². The zero-order chi connectivity index (χ0) is 12.2. The van der Waals surface area contributed by atoms with Gasteiger partial charge in [-0.3, -0.25) is 0 Å². The number of hydrogen-bond donors (Lipinski definition) is 0. The van der Waals surface area contributed by atoms with Crippen molar-refractivity contribution in [3.05, 3.63) is 12.7 Å². The summed E-state index contributed by atoms with van der Waals surface area (Å²) in [5.41, 5.74) is 0. The minimum Gasteiger partial charge on any atom is -0.321 e. The predicted octanol–water partition coefficient (Wildman–Crippen LogP) is 2.41. The average Bonchev–Trinajstić information content (AvgIpc) is 2.30. The van der Waals surface area contributed by atoms with Gasteiger partial charge in [0.2, 0.25) is 0 Å². The molecule has 0 radical (unpaired) electrons. The van der Waals surface area contributed by atoms with Crippen LogP contribution in [0, 0.1) is 17.8 Å². The first-order valence-electron chi connectivity index (χ1n) is 6.18. The highest BCUT2D eigenvalue weighted by molar-refractivity contribution is 5.09. The van der Waals surface area contributed by atoms with Crippen molar-refractivity contribution in [3.8, 4) is 11.8 Å². The molecule has 0 saturated carbocycles. The molecule has 4 atom stereocenters. The standard InChI is InChI=1S/C14H24NO/c1-6-9-10-13-11-15(5,8-3)12(4)16-14(13)7-2/h7,12-14H,2,6,8,11H2,1,3-5H3/q+1. The van der Waals surface area contributed by atoms with Crippen LogP contribution < -0.4 is 0 Å². The van der Waals surface area contributed by atoms with Gasteiger partial charge in [0.05, 0.1) is 26.1 Å². The molecule has 1 aliphatic rings. The van der Waals surface area contributed by atoms with E-state index in [0.29, 0.717) is 5.92 Å². The summed E-state index contributed by atoms with van der Waals surface area (Å²) < 4.78 is 6.94. The van der Waals surface area contributed by atoms with Crippen LogP contribution in [-0.4, -0.2) is 37.0 Å². The summed E-state index contributed by atoms with van der Waals surface area (Å²) in [7, 11) is 2.24. The number of nitrogens with zero attached hydrogens (tertiary/aromatic N) is 1. The van der Waals surface area contributed by atoms with E-state index in [1.165, 1.54) is 0 Å². The lowest BCUT2D eigenvalue weighted by molar-refractivity contribution is -0.962. The van der Waals surface area contributed by atoms with Crippen molar-refractivity contribution in [3.63, 3.8) is 0 Å². The van der Waals surface area contributed by atoms with Gasteiger partial charge in [0, 0.05) is 13.3 Å². The Bertz CT molecular complexity index is 302. The summed E-state index contributed by atoms with van der Waals surface area (Å²) in [5.74, 6) is 6.78. The molecular weight excluding hydrogens is 198 g/mol. The van der Waals surface area contributed by atoms with Gasteiger partial charge >= 0.3 is 0 Å². The highest BCUT2D eigenvalue weighted by Crippen LogP contribution is 2.26. The third kappa shape index (κ3) is 2.66. The Kier molecular flexibility index (Phi) is 4.58. The molecule has 1 heterocycles. The van der Waals surface area contributed by atoms with Gasteiger partial charge in [0.15, 0.2) is 6.23 Å². The van der Waals surface area contributed by atoms with Crippen molar-refractivity contribution in [1.29, 1.82) is 0 Å². The first-order chi connectivity index (χ1) is 7.57. The van der Waals surface area contributed by atoms with E-state index in [0.717, 1.165) is 24.0 Å². The predicted molar refractivity (Wildman–Crippen MR) is 67.7 cm³/mol. The largest absolute Gasteiger partial charge is 0.321 e. The van der Waals surface area contributed by atoms with Crippen LogP contribution in [0.3, 0.4) is 0 Å². The monoisotopic (exact) mass is 222 g/mol. The van der Waals surface area contributed by atoms with E-state index in [9.17, 15) is 0 Å².